The number of carbonyl (C=O) groups is 1. The van der Waals surface area contributed by atoms with Crippen LogP contribution in [0.15, 0.2) is 48.8 Å². The lowest BCUT2D eigenvalue weighted by Crippen LogP contribution is -2.47. The summed E-state index contributed by atoms with van der Waals surface area (Å²) in [7, 11) is 0. The Labute approximate surface area is 190 Å². The molecule has 0 atom stereocenters. The van der Waals surface area contributed by atoms with Gasteiger partial charge in [0.15, 0.2) is 0 Å². The van der Waals surface area contributed by atoms with Crippen LogP contribution in [-0.4, -0.2) is 52.1 Å². The molecule has 0 amide bonds. The zero-order valence-electron chi connectivity index (χ0n) is 18.4. The van der Waals surface area contributed by atoms with Gasteiger partial charge in [0.25, 0.3) is 0 Å². The molecule has 1 fully saturated rings. The highest BCUT2D eigenvalue weighted by molar-refractivity contribution is 5.88. The lowest BCUT2D eigenvalue weighted by Gasteiger charge is -2.37. The number of nitrogens with zero attached hydrogens (tertiary/aromatic N) is 5. The minimum Gasteiger partial charge on any atom is -0.478 e. The van der Waals surface area contributed by atoms with Gasteiger partial charge in [-0.1, -0.05) is 12.1 Å². The average molecular weight is 448 g/mol. The molecule has 0 spiro atoms. The predicted molar refractivity (Wildman–Crippen MR) is 126 cm³/mol. The number of anilines is 4. The summed E-state index contributed by atoms with van der Waals surface area (Å²) in [5.74, 6) is -0.720. The van der Waals surface area contributed by atoms with E-state index in [1.807, 2.05) is 11.0 Å². The molecule has 2 N–H and O–H groups in total. The number of aryl methyl sites for hydroxylation is 1. The first-order valence-corrected chi connectivity index (χ1v) is 10.5. The summed E-state index contributed by atoms with van der Waals surface area (Å²) >= 11 is 0. The molecule has 1 aliphatic rings. The lowest BCUT2D eigenvalue weighted by molar-refractivity contribution is -0.383. The van der Waals surface area contributed by atoms with Gasteiger partial charge in [0.05, 0.1) is 10.5 Å². The Bertz CT molecular complexity index is 1190. The highest BCUT2D eigenvalue weighted by Gasteiger charge is 2.29. The van der Waals surface area contributed by atoms with Gasteiger partial charge in [0.2, 0.25) is 11.6 Å². The van der Waals surface area contributed by atoms with E-state index in [1.165, 1.54) is 47.4 Å². The molecule has 4 rings (SSSR count). The van der Waals surface area contributed by atoms with Crippen molar-refractivity contribution in [2.45, 2.75) is 13.8 Å². The van der Waals surface area contributed by atoms with Gasteiger partial charge in [-0.05, 0) is 55.3 Å². The molecule has 10 nitrogen and oxygen atoms in total. The van der Waals surface area contributed by atoms with Gasteiger partial charge in [0, 0.05) is 37.6 Å². The minimum absolute atomic E-state index is 0.0602. The van der Waals surface area contributed by atoms with Crippen molar-refractivity contribution in [3.05, 3.63) is 75.6 Å². The van der Waals surface area contributed by atoms with Crippen molar-refractivity contribution in [1.82, 2.24) is 9.97 Å². The smallest absolute Gasteiger partial charge is 0.353 e. The second kappa shape index (κ2) is 9.11. The quantitative estimate of drug-likeness (QED) is 0.428. The number of nitrogens with one attached hydrogen (secondary N) is 1. The van der Waals surface area contributed by atoms with Gasteiger partial charge in [0.1, 0.15) is 6.33 Å². The molecule has 0 unspecified atom stereocenters. The van der Waals surface area contributed by atoms with Gasteiger partial charge in [-0.3, -0.25) is 10.1 Å². The van der Waals surface area contributed by atoms with Crippen molar-refractivity contribution in [3.63, 3.8) is 0 Å². The molecule has 10 heteroatoms. The zero-order chi connectivity index (χ0) is 23.5. The third kappa shape index (κ3) is 4.54. The second-order valence-corrected chi connectivity index (χ2v) is 7.85. The molecule has 0 radical (unpaired) electrons. The average Bonchev–Trinajstić information content (AvgIpc) is 2.81. The van der Waals surface area contributed by atoms with Gasteiger partial charge in [-0.25, -0.2) is 14.8 Å². The van der Waals surface area contributed by atoms with Crippen molar-refractivity contribution >= 4 is 34.7 Å². The Kier molecular flexibility index (Phi) is 6.07. The van der Waals surface area contributed by atoms with E-state index in [0.29, 0.717) is 31.9 Å². The fraction of sp³-hybridized carbons (Fsp3) is 0.261. The largest absolute Gasteiger partial charge is 0.478 e. The van der Waals surface area contributed by atoms with Crippen LogP contribution in [0.25, 0.3) is 0 Å². The standard InChI is InChI=1S/C23H24N6O4/c1-15-4-3-5-19(16(15)2)27-10-12-28(13-11-27)22-20(29(32)33)21(24-14-25-22)26-18-8-6-17(7-9-18)23(30)31/h3-9,14H,10-13H2,1-2H3,(H,30,31)(H,24,25,26). The molecule has 1 aliphatic heterocycles. The van der Waals surface area contributed by atoms with Crippen LogP contribution in [-0.2, 0) is 0 Å². The summed E-state index contributed by atoms with van der Waals surface area (Å²) in [6.07, 6.45) is 1.30. The molecule has 0 bridgehead atoms. The number of nitro groups is 1. The van der Waals surface area contributed by atoms with Gasteiger partial charge in [-0.2, -0.15) is 0 Å². The SMILES string of the molecule is Cc1cccc(N2CCN(c3ncnc(Nc4ccc(C(=O)O)cc4)c3[N+](=O)[O-])CC2)c1C. The van der Waals surface area contributed by atoms with Crippen molar-refractivity contribution < 1.29 is 14.8 Å². The van der Waals surface area contributed by atoms with E-state index in [-0.39, 0.29) is 22.9 Å². The van der Waals surface area contributed by atoms with Crippen LogP contribution in [0.3, 0.4) is 0 Å². The van der Waals surface area contributed by atoms with Crippen molar-refractivity contribution in [1.29, 1.82) is 0 Å². The lowest BCUT2D eigenvalue weighted by atomic mass is 10.1. The molecule has 33 heavy (non-hydrogen) atoms. The first kappa shape index (κ1) is 22.0. The second-order valence-electron chi connectivity index (χ2n) is 7.85. The van der Waals surface area contributed by atoms with Crippen LogP contribution in [0.5, 0.6) is 0 Å². The van der Waals surface area contributed by atoms with Crippen LogP contribution in [0, 0.1) is 24.0 Å². The summed E-state index contributed by atoms with van der Waals surface area (Å²) in [6, 6.07) is 12.2. The fourth-order valence-electron chi connectivity index (χ4n) is 3.93. The van der Waals surface area contributed by atoms with Crippen molar-refractivity contribution in [2.24, 2.45) is 0 Å². The number of hydrogen-bond acceptors (Lipinski definition) is 8. The molecule has 2 aromatic carbocycles. The van der Waals surface area contributed by atoms with Crippen LogP contribution in [0.2, 0.25) is 0 Å². The van der Waals surface area contributed by atoms with Crippen LogP contribution in [0.1, 0.15) is 21.5 Å². The Balaban J connectivity index is 1.55. The molecular formula is C23H24N6O4. The van der Waals surface area contributed by atoms with Gasteiger partial charge >= 0.3 is 11.7 Å². The Morgan fingerprint density at radius 2 is 1.70 bits per heavy atom. The van der Waals surface area contributed by atoms with E-state index in [4.69, 9.17) is 5.11 Å². The monoisotopic (exact) mass is 448 g/mol. The predicted octanol–water partition coefficient (Wildman–Crippen LogP) is 3.77. The molecule has 3 aromatic rings. The molecule has 2 heterocycles. The number of aromatic nitrogens is 2. The number of hydrogen-bond donors (Lipinski definition) is 2. The maximum atomic E-state index is 12.0. The summed E-state index contributed by atoms with van der Waals surface area (Å²) in [4.78, 5) is 35.0. The van der Waals surface area contributed by atoms with Crippen molar-refractivity contribution in [2.75, 3.05) is 41.3 Å². The third-order valence-electron chi connectivity index (χ3n) is 5.88. The molecule has 0 saturated carbocycles. The number of aromatic carboxylic acids is 1. The molecule has 0 aliphatic carbocycles. The maximum absolute atomic E-state index is 12.0. The summed E-state index contributed by atoms with van der Waals surface area (Å²) in [6.45, 7) is 6.78. The number of benzene rings is 2. The highest BCUT2D eigenvalue weighted by atomic mass is 16.6. The van der Waals surface area contributed by atoms with Crippen LogP contribution in [0.4, 0.5) is 28.7 Å². The van der Waals surface area contributed by atoms with Gasteiger partial charge < -0.3 is 20.2 Å². The normalized spacial score (nSPS) is 13.6. The molecule has 1 saturated heterocycles. The van der Waals surface area contributed by atoms with E-state index in [9.17, 15) is 14.9 Å². The van der Waals surface area contributed by atoms with Crippen molar-refractivity contribution in [3.8, 4) is 0 Å². The highest BCUT2D eigenvalue weighted by Crippen LogP contribution is 2.34. The first-order valence-electron chi connectivity index (χ1n) is 10.5. The van der Waals surface area contributed by atoms with E-state index in [2.05, 4.69) is 46.2 Å². The minimum atomic E-state index is -1.04. The van der Waals surface area contributed by atoms with Gasteiger partial charge in [-0.15, -0.1) is 0 Å². The van der Waals surface area contributed by atoms with Crippen LogP contribution < -0.4 is 15.1 Å². The Hall–Kier alpha value is -4.21. The summed E-state index contributed by atoms with van der Waals surface area (Å²) in [5, 5.41) is 23.9. The van der Waals surface area contributed by atoms with E-state index >= 15 is 0 Å². The number of carboxylic acid groups (broad SMARTS) is 1. The zero-order valence-corrected chi connectivity index (χ0v) is 18.4. The topological polar surface area (TPSA) is 125 Å². The molecule has 170 valence electrons. The number of carboxylic acids is 1. The van der Waals surface area contributed by atoms with E-state index in [1.54, 1.807) is 0 Å². The van der Waals surface area contributed by atoms with E-state index in [0.717, 1.165) is 0 Å². The van der Waals surface area contributed by atoms with E-state index < -0.39 is 10.9 Å². The molecular weight excluding hydrogens is 424 g/mol. The Morgan fingerprint density at radius 1 is 1.03 bits per heavy atom. The maximum Gasteiger partial charge on any atom is 0.353 e. The summed E-state index contributed by atoms with van der Waals surface area (Å²) < 4.78 is 0. The number of rotatable bonds is 6. The first-order chi connectivity index (χ1) is 15.8. The van der Waals surface area contributed by atoms with Crippen LogP contribution >= 0.6 is 0 Å². The summed E-state index contributed by atoms with van der Waals surface area (Å²) in [5.41, 5.74) is 4.06. The Morgan fingerprint density at radius 3 is 2.33 bits per heavy atom. The number of piperazine rings is 1. The third-order valence-corrected chi connectivity index (χ3v) is 5.88. The fourth-order valence-corrected chi connectivity index (χ4v) is 3.93. The molecule has 1 aromatic heterocycles.